The molecule has 20 heavy (non-hydrogen) atoms. The van der Waals surface area contributed by atoms with E-state index in [0.29, 0.717) is 11.8 Å². The van der Waals surface area contributed by atoms with Crippen molar-refractivity contribution < 1.29 is 18.8 Å². The Bertz CT molecular complexity index is 786. The van der Waals surface area contributed by atoms with Gasteiger partial charge in [0.05, 0.1) is 11.1 Å². The van der Waals surface area contributed by atoms with Crippen LogP contribution in [0, 0.1) is 0 Å². The highest BCUT2D eigenvalue weighted by molar-refractivity contribution is 6.00. The first-order chi connectivity index (χ1) is 9.61. The van der Waals surface area contributed by atoms with E-state index in [-0.39, 0.29) is 29.9 Å². The number of nitrogens with one attached hydrogen (secondary N) is 1. The van der Waals surface area contributed by atoms with Gasteiger partial charge in [-0.25, -0.2) is 4.79 Å². The number of piperidine rings is 1. The summed E-state index contributed by atoms with van der Waals surface area (Å²) >= 11 is 0. The largest absolute Gasteiger partial charge is 0.420 e. The van der Waals surface area contributed by atoms with Crippen molar-refractivity contribution in [1.29, 1.82) is 0 Å². The maximum Gasteiger partial charge on any atom is 0.420 e. The van der Waals surface area contributed by atoms with Gasteiger partial charge in [0.2, 0.25) is 11.8 Å². The van der Waals surface area contributed by atoms with Gasteiger partial charge in [-0.15, -0.1) is 0 Å². The first kappa shape index (κ1) is 12.3. The second-order valence-electron chi connectivity index (χ2n) is 4.52. The molecule has 0 radical (unpaired) electrons. The zero-order chi connectivity index (χ0) is 14.3. The van der Waals surface area contributed by atoms with Crippen LogP contribution in [0.4, 0.5) is 0 Å². The van der Waals surface area contributed by atoms with Crippen LogP contribution >= 0.6 is 0 Å². The Kier molecular flexibility index (Phi) is 2.74. The topological polar surface area (TPSA) is 98.4 Å². The Morgan fingerprint density at radius 1 is 1.30 bits per heavy atom. The number of aldehydes is 1. The van der Waals surface area contributed by atoms with Crippen LogP contribution in [0.25, 0.3) is 11.1 Å². The van der Waals surface area contributed by atoms with Crippen LogP contribution in [-0.2, 0) is 9.59 Å². The molecule has 102 valence electrons. The van der Waals surface area contributed by atoms with E-state index in [4.69, 9.17) is 4.42 Å². The third-order valence-corrected chi connectivity index (χ3v) is 3.32. The van der Waals surface area contributed by atoms with Gasteiger partial charge >= 0.3 is 5.76 Å². The average molecular weight is 274 g/mol. The lowest BCUT2D eigenvalue weighted by Gasteiger charge is -2.21. The van der Waals surface area contributed by atoms with Crippen LogP contribution in [0.3, 0.4) is 0 Å². The van der Waals surface area contributed by atoms with Gasteiger partial charge in [-0.05, 0) is 18.6 Å². The van der Waals surface area contributed by atoms with Crippen molar-refractivity contribution in [2.24, 2.45) is 0 Å². The molecule has 7 heteroatoms. The fourth-order valence-electron chi connectivity index (χ4n) is 2.39. The lowest BCUT2D eigenvalue weighted by Crippen LogP contribution is -2.43. The summed E-state index contributed by atoms with van der Waals surface area (Å²) in [6.45, 7) is 0. The molecule has 7 nitrogen and oxygen atoms in total. The van der Waals surface area contributed by atoms with E-state index in [2.05, 4.69) is 5.32 Å². The molecule has 0 saturated carbocycles. The van der Waals surface area contributed by atoms with E-state index in [1.165, 1.54) is 10.6 Å². The van der Waals surface area contributed by atoms with Crippen molar-refractivity contribution in [3.8, 4) is 0 Å². The Morgan fingerprint density at radius 3 is 2.80 bits per heavy atom. The van der Waals surface area contributed by atoms with Gasteiger partial charge in [-0.3, -0.25) is 24.3 Å². The molecule has 0 aliphatic carbocycles. The summed E-state index contributed by atoms with van der Waals surface area (Å²) in [7, 11) is 0. The molecule has 1 saturated heterocycles. The number of benzene rings is 1. The molecule has 1 aliphatic rings. The first-order valence-corrected chi connectivity index (χ1v) is 6.04. The van der Waals surface area contributed by atoms with E-state index in [0.717, 1.165) is 0 Å². The highest BCUT2D eigenvalue weighted by Gasteiger charge is 2.31. The number of oxazole rings is 1. The van der Waals surface area contributed by atoms with Crippen LogP contribution in [-0.4, -0.2) is 22.7 Å². The lowest BCUT2D eigenvalue weighted by molar-refractivity contribution is -0.135. The fourth-order valence-corrected chi connectivity index (χ4v) is 2.39. The number of carbonyl (C=O) groups excluding carboxylic acids is 3. The van der Waals surface area contributed by atoms with Crippen LogP contribution in [0.15, 0.2) is 27.4 Å². The second kappa shape index (κ2) is 4.44. The highest BCUT2D eigenvalue weighted by atomic mass is 16.4. The van der Waals surface area contributed by atoms with Gasteiger partial charge in [-0.2, -0.15) is 0 Å². The molecule has 1 N–H and O–H groups in total. The minimum atomic E-state index is -0.802. The summed E-state index contributed by atoms with van der Waals surface area (Å²) < 4.78 is 6.25. The Labute approximate surface area is 112 Å². The molecule has 1 aromatic heterocycles. The van der Waals surface area contributed by atoms with Crippen molar-refractivity contribution in [1.82, 2.24) is 9.88 Å². The number of rotatable bonds is 2. The summed E-state index contributed by atoms with van der Waals surface area (Å²) in [4.78, 5) is 45.9. The first-order valence-electron chi connectivity index (χ1n) is 6.04. The SMILES string of the molecule is O=Cc1cccc2c1oc(=O)n2C1CCC(=O)NC1=O. The predicted octanol–water partition coefficient (Wildman–Crippen LogP) is 0.385. The lowest BCUT2D eigenvalue weighted by atomic mass is 10.1. The number of aromatic nitrogens is 1. The van der Waals surface area contributed by atoms with E-state index in [9.17, 15) is 19.2 Å². The van der Waals surface area contributed by atoms with E-state index >= 15 is 0 Å². The minimum Gasteiger partial charge on any atom is -0.407 e. The Balaban J connectivity index is 2.19. The van der Waals surface area contributed by atoms with Gasteiger partial charge in [0.25, 0.3) is 0 Å². The van der Waals surface area contributed by atoms with Gasteiger partial charge in [-0.1, -0.05) is 6.07 Å². The molecule has 3 rings (SSSR count). The Morgan fingerprint density at radius 2 is 2.10 bits per heavy atom. The molecular formula is C13H10N2O5. The summed E-state index contributed by atoms with van der Waals surface area (Å²) in [5.41, 5.74) is 0.761. The standard InChI is InChI=1S/C13H10N2O5/c16-6-7-2-1-3-8-11(7)20-13(19)15(8)9-4-5-10(17)14-12(9)18/h1-3,6,9H,4-5H2,(H,14,17,18). The number of hydrogen-bond donors (Lipinski definition) is 1. The maximum absolute atomic E-state index is 11.9. The second-order valence-corrected chi connectivity index (χ2v) is 4.52. The summed E-state index contributed by atoms with van der Waals surface area (Å²) in [6.07, 6.45) is 0.966. The third-order valence-electron chi connectivity index (χ3n) is 3.32. The number of imide groups is 1. The van der Waals surface area contributed by atoms with Gasteiger partial charge in [0, 0.05) is 6.42 Å². The normalized spacial score (nSPS) is 19.1. The molecule has 0 bridgehead atoms. The van der Waals surface area contributed by atoms with Crippen LogP contribution in [0.2, 0.25) is 0 Å². The van der Waals surface area contributed by atoms with Crippen LogP contribution < -0.4 is 11.1 Å². The zero-order valence-electron chi connectivity index (χ0n) is 10.3. The van der Waals surface area contributed by atoms with E-state index in [1.54, 1.807) is 12.1 Å². The number of nitrogens with zero attached hydrogens (tertiary/aromatic N) is 1. The summed E-state index contributed by atoms with van der Waals surface area (Å²) in [6, 6.07) is 3.91. The molecule has 2 heterocycles. The quantitative estimate of drug-likeness (QED) is 0.630. The van der Waals surface area contributed by atoms with E-state index < -0.39 is 17.7 Å². The molecule has 1 aliphatic heterocycles. The monoisotopic (exact) mass is 274 g/mol. The number of carbonyl (C=O) groups is 3. The number of para-hydroxylation sites is 1. The highest BCUT2D eigenvalue weighted by Crippen LogP contribution is 2.24. The average Bonchev–Trinajstić information content (AvgIpc) is 2.75. The van der Waals surface area contributed by atoms with Crippen molar-refractivity contribution in [3.63, 3.8) is 0 Å². The van der Waals surface area contributed by atoms with E-state index in [1.807, 2.05) is 0 Å². The number of amides is 2. The minimum absolute atomic E-state index is 0.150. The molecule has 2 aromatic rings. The molecule has 1 unspecified atom stereocenters. The van der Waals surface area contributed by atoms with Crippen molar-refractivity contribution >= 4 is 29.2 Å². The summed E-state index contributed by atoms with van der Waals surface area (Å²) in [5, 5.41) is 2.19. The molecule has 0 spiro atoms. The fraction of sp³-hybridized carbons (Fsp3) is 0.231. The molecule has 1 fully saturated rings. The van der Waals surface area contributed by atoms with Crippen LogP contribution in [0.1, 0.15) is 29.2 Å². The van der Waals surface area contributed by atoms with Crippen LogP contribution in [0.5, 0.6) is 0 Å². The molecular weight excluding hydrogens is 264 g/mol. The smallest absolute Gasteiger partial charge is 0.407 e. The molecule has 1 atom stereocenters. The van der Waals surface area contributed by atoms with Crippen molar-refractivity contribution in [3.05, 3.63) is 34.3 Å². The zero-order valence-corrected chi connectivity index (χ0v) is 10.3. The molecule has 2 amide bonds. The van der Waals surface area contributed by atoms with Crippen molar-refractivity contribution in [2.45, 2.75) is 18.9 Å². The van der Waals surface area contributed by atoms with Gasteiger partial charge in [0.15, 0.2) is 11.9 Å². The number of hydrogen-bond acceptors (Lipinski definition) is 5. The van der Waals surface area contributed by atoms with Crippen molar-refractivity contribution in [2.75, 3.05) is 0 Å². The predicted molar refractivity (Wildman–Crippen MR) is 67.3 cm³/mol. The van der Waals surface area contributed by atoms with Gasteiger partial charge in [0.1, 0.15) is 6.04 Å². The molecule has 1 aromatic carbocycles. The Hall–Kier alpha value is -2.70. The maximum atomic E-state index is 11.9. The number of fused-ring (bicyclic) bond motifs is 1. The van der Waals surface area contributed by atoms with Gasteiger partial charge < -0.3 is 4.42 Å². The third kappa shape index (κ3) is 1.75. The summed E-state index contributed by atoms with van der Waals surface area (Å²) in [5.74, 6) is -1.62.